The van der Waals surface area contributed by atoms with Crippen molar-refractivity contribution in [3.63, 3.8) is 0 Å². The number of rotatable bonds is 4. The molecular weight excluding hydrogens is 306 g/mol. The standard InChI is InChI=1S/C15H14ClN3O3/c1-22-13-7-6-11(8-12(13)16)18-14(20)9-2-4-10(5-3-9)19-15(17)21/h2-8H,1H3,(H,18,20)(H3,17,19,21). The van der Waals surface area contributed by atoms with Gasteiger partial charge in [0.05, 0.1) is 12.1 Å². The molecule has 2 rings (SSSR count). The van der Waals surface area contributed by atoms with Crippen molar-refractivity contribution in [2.75, 3.05) is 17.7 Å². The zero-order chi connectivity index (χ0) is 16.1. The number of ether oxygens (including phenoxy) is 1. The second-order valence-corrected chi connectivity index (χ2v) is 4.78. The number of anilines is 2. The Hall–Kier alpha value is -2.73. The molecule has 2 aromatic rings. The van der Waals surface area contributed by atoms with E-state index in [2.05, 4.69) is 10.6 Å². The number of nitrogens with one attached hydrogen (secondary N) is 2. The fourth-order valence-electron chi connectivity index (χ4n) is 1.79. The first-order chi connectivity index (χ1) is 10.5. The molecular formula is C15H14ClN3O3. The van der Waals surface area contributed by atoms with Gasteiger partial charge in [-0.05, 0) is 42.5 Å². The number of amides is 3. The van der Waals surface area contributed by atoms with Crippen LogP contribution in [-0.4, -0.2) is 19.0 Å². The van der Waals surface area contributed by atoms with Crippen LogP contribution in [0, 0.1) is 0 Å². The number of benzene rings is 2. The third kappa shape index (κ3) is 3.89. The van der Waals surface area contributed by atoms with Gasteiger partial charge in [-0.1, -0.05) is 11.6 Å². The van der Waals surface area contributed by atoms with E-state index in [0.29, 0.717) is 27.7 Å². The molecule has 7 heteroatoms. The second kappa shape index (κ2) is 6.82. The molecule has 22 heavy (non-hydrogen) atoms. The van der Waals surface area contributed by atoms with E-state index in [1.807, 2.05) is 0 Å². The molecule has 2 aromatic carbocycles. The number of urea groups is 1. The van der Waals surface area contributed by atoms with Gasteiger partial charge >= 0.3 is 6.03 Å². The Morgan fingerprint density at radius 1 is 1.05 bits per heavy atom. The fraction of sp³-hybridized carbons (Fsp3) is 0.0667. The van der Waals surface area contributed by atoms with Crippen LogP contribution in [0.1, 0.15) is 10.4 Å². The molecule has 0 unspecified atom stereocenters. The number of hydrogen-bond acceptors (Lipinski definition) is 3. The van der Waals surface area contributed by atoms with Gasteiger partial charge < -0.3 is 21.1 Å². The van der Waals surface area contributed by atoms with Crippen LogP contribution in [0.25, 0.3) is 0 Å². The molecule has 0 fully saturated rings. The highest BCUT2D eigenvalue weighted by atomic mass is 35.5. The largest absolute Gasteiger partial charge is 0.495 e. The molecule has 0 aromatic heterocycles. The van der Waals surface area contributed by atoms with Crippen molar-refractivity contribution in [1.82, 2.24) is 0 Å². The number of primary amides is 1. The summed E-state index contributed by atoms with van der Waals surface area (Å²) in [6.07, 6.45) is 0. The molecule has 0 saturated carbocycles. The summed E-state index contributed by atoms with van der Waals surface area (Å²) < 4.78 is 5.05. The van der Waals surface area contributed by atoms with Gasteiger partial charge in [0.15, 0.2) is 0 Å². The number of halogens is 1. The van der Waals surface area contributed by atoms with Crippen molar-refractivity contribution in [1.29, 1.82) is 0 Å². The molecule has 0 atom stereocenters. The van der Waals surface area contributed by atoms with Gasteiger partial charge in [-0.15, -0.1) is 0 Å². The van der Waals surface area contributed by atoms with E-state index in [1.165, 1.54) is 7.11 Å². The van der Waals surface area contributed by atoms with Gasteiger partial charge in [0.1, 0.15) is 5.75 Å². The zero-order valence-electron chi connectivity index (χ0n) is 11.7. The topological polar surface area (TPSA) is 93.4 Å². The van der Waals surface area contributed by atoms with Crippen LogP contribution in [0.4, 0.5) is 16.2 Å². The molecule has 6 nitrogen and oxygen atoms in total. The lowest BCUT2D eigenvalue weighted by molar-refractivity contribution is 0.102. The molecule has 0 aliphatic rings. The maximum absolute atomic E-state index is 12.1. The van der Waals surface area contributed by atoms with Gasteiger partial charge in [0.2, 0.25) is 0 Å². The van der Waals surface area contributed by atoms with E-state index in [-0.39, 0.29) is 5.91 Å². The predicted octanol–water partition coefficient (Wildman–Crippen LogP) is 3.09. The molecule has 0 saturated heterocycles. The van der Waals surface area contributed by atoms with Gasteiger partial charge in [-0.3, -0.25) is 4.79 Å². The Labute approximate surface area is 132 Å². The van der Waals surface area contributed by atoms with Crippen molar-refractivity contribution >= 4 is 34.9 Å². The zero-order valence-corrected chi connectivity index (χ0v) is 12.5. The third-order valence-corrected chi connectivity index (χ3v) is 3.12. The summed E-state index contributed by atoms with van der Waals surface area (Å²) in [5.41, 5.74) is 6.50. The number of carbonyl (C=O) groups excluding carboxylic acids is 2. The predicted molar refractivity (Wildman–Crippen MR) is 85.6 cm³/mol. The van der Waals surface area contributed by atoms with E-state index in [0.717, 1.165) is 0 Å². The highest BCUT2D eigenvalue weighted by Crippen LogP contribution is 2.27. The number of nitrogens with two attached hydrogens (primary N) is 1. The van der Waals surface area contributed by atoms with E-state index >= 15 is 0 Å². The average molecular weight is 320 g/mol. The van der Waals surface area contributed by atoms with E-state index in [9.17, 15) is 9.59 Å². The van der Waals surface area contributed by atoms with Crippen LogP contribution >= 0.6 is 11.6 Å². The van der Waals surface area contributed by atoms with Gasteiger partial charge in [-0.2, -0.15) is 0 Å². The first kappa shape index (κ1) is 15.7. The lowest BCUT2D eigenvalue weighted by Crippen LogP contribution is -2.19. The molecule has 0 aliphatic heterocycles. The van der Waals surface area contributed by atoms with Crippen molar-refractivity contribution in [3.8, 4) is 5.75 Å². The first-order valence-electron chi connectivity index (χ1n) is 6.31. The highest BCUT2D eigenvalue weighted by Gasteiger charge is 2.08. The Balaban J connectivity index is 2.08. The number of methoxy groups -OCH3 is 1. The minimum atomic E-state index is -0.662. The molecule has 0 bridgehead atoms. The second-order valence-electron chi connectivity index (χ2n) is 4.37. The molecule has 114 valence electrons. The van der Waals surface area contributed by atoms with Crippen molar-refractivity contribution in [2.45, 2.75) is 0 Å². The van der Waals surface area contributed by atoms with Gasteiger partial charge in [0.25, 0.3) is 5.91 Å². The highest BCUT2D eigenvalue weighted by molar-refractivity contribution is 6.32. The van der Waals surface area contributed by atoms with Crippen LogP contribution in [0.3, 0.4) is 0 Å². The van der Waals surface area contributed by atoms with Crippen molar-refractivity contribution in [3.05, 3.63) is 53.1 Å². The van der Waals surface area contributed by atoms with Gasteiger partial charge in [-0.25, -0.2) is 4.79 Å². The van der Waals surface area contributed by atoms with Crippen LogP contribution in [0.2, 0.25) is 5.02 Å². The fourth-order valence-corrected chi connectivity index (χ4v) is 2.05. The molecule has 0 heterocycles. The first-order valence-corrected chi connectivity index (χ1v) is 6.69. The van der Waals surface area contributed by atoms with E-state index < -0.39 is 6.03 Å². The molecule has 0 spiro atoms. The minimum absolute atomic E-state index is 0.299. The number of carbonyl (C=O) groups is 2. The van der Waals surface area contributed by atoms with Crippen molar-refractivity contribution in [2.24, 2.45) is 5.73 Å². The van der Waals surface area contributed by atoms with Crippen LogP contribution < -0.4 is 21.1 Å². The maximum Gasteiger partial charge on any atom is 0.316 e. The van der Waals surface area contributed by atoms with E-state index in [4.69, 9.17) is 22.1 Å². The summed E-state index contributed by atoms with van der Waals surface area (Å²) >= 11 is 6.00. The molecule has 0 aliphatic carbocycles. The average Bonchev–Trinajstić information content (AvgIpc) is 2.47. The van der Waals surface area contributed by atoms with Crippen molar-refractivity contribution < 1.29 is 14.3 Å². The van der Waals surface area contributed by atoms with Crippen LogP contribution in [0.15, 0.2) is 42.5 Å². The van der Waals surface area contributed by atoms with Gasteiger partial charge in [0, 0.05) is 16.9 Å². The number of hydrogen-bond donors (Lipinski definition) is 3. The molecule has 0 radical (unpaired) electrons. The Kier molecular flexibility index (Phi) is 4.85. The molecule has 4 N–H and O–H groups in total. The Bertz CT molecular complexity index is 702. The maximum atomic E-state index is 12.1. The Morgan fingerprint density at radius 2 is 1.68 bits per heavy atom. The minimum Gasteiger partial charge on any atom is -0.495 e. The lowest BCUT2D eigenvalue weighted by Gasteiger charge is -2.08. The van der Waals surface area contributed by atoms with Crippen LogP contribution in [-0.2, 0) is 0 Å². The van der Waals surface area contributed by atoms with Crippen LogP contribution in [0.5, 0.6) is 5.75 Å². The summed E-state index contributed by atoms with van der Waals surface area (Å²) in [5, 5.41) is 5.54. The third-order valence-electron chi connectivity index (χ3n) is 2.82. The summed E-state index contributed by atoms with van der Waals surface area (Å²) in [4.78, 5) is 22.8. The summed E-state index contributed by atoms with van der Waals surface area (Å²) in [6, 6.07) is 10.6. The Morgan fingerprint density at radius 3 is 2.23 bits per heavy atom. The summed E-state index contributed by atoms with van der Waals surface area (Å²) in [6.45, 7) is 0. The molecule has 3 amide bonds. The van der Waals surface area contributed by atoms with E-state index in [1.54, 1.807) is 42.5 Å². The summed E-state index contributed by atoms with van der Waals surface area (Å²) in [7, 11) is 1.52. The smallest absolute Gasteiger partial charge is 0.316 e. The quantitative estimate of drug-likeness (QED) is 0.808. The SMILES string of the molecule is COc1ccc(NC(=O)c2ccc(NC(N)=O)cc2)cc1Cl. The summed E-state index contributed by atoms with van der Waals surface area (Å²) in [5.74, 6) is 0.230. The lowest BCUT2D eigenvalue weighted by atomic mass is 10.2. The normalized spacial score (nSPS) is 9.91. The monoisotopic (exact) mass is 319 g/mol.